The highest BCUT2D eigenvalue weighted by Gasteiger charge is 2.17. The minimum Gasteiger partial charge on any atom is -0.478 e. The molecule has 2 aromatic rings. The standard InChI is InChI=1S/C14H12BrNO3S/c1-7-3-4-9(11(15)5-7)12(17)16-13-10(14(18)19)6-8(2)20-13/h3-6H,1-2H3,(H,16,17)(H,18,19). The lowest BCUT2D eigenvalue weighted by Gasteiger charge is -2.07. The average Bonchev–Trinajstić information content (AvgIpc) is 2.70. The number of anilines is 1. The first kappa shape index (κ1) is 14.7. The highest BCUT2D eigenvalue weighted by molar-refractivity contribution is 9.10. The highest BCUT2D eigenvalue weighted by Crippen LogP contribution is 2.29. The summed E-state index contributed by atoms with van der Waals surface area (Å²) in [5, 5.41) is 12.1. The van der Waals surface area contributed by atoms with Gasteiger partial charge in [0.05, 0.1) is 11.1 Å². The van der Waals surface area contributed by atoms with Gasteiger partial charge in [-0.1, -0.05) is 6.07 Å². The second-order valence-corrected chi connectivity index (χ2v) is 6.45. The predicted octanol–water partition coefficient (Wildman–Crippen LogP) is 4.08. The van der Waals surface area contributed by atoms with E-state index in [4.69, 9.17) is 5.11 Å². The minimum absolute atomic E-state index is 0.115. The van der Waals surface area contributed by atoms with Crippen LogP contribution in [0.15, 0.2) is 28.7 Å². The number of halogens is 1. The first-order valence-electron chi connectivity index (χ1n) is 5.79. The van der Waals surface area contributed by atoms with Gasteiger partial charge in [0.15, 0.2) is 0 Å². The Bertz CT molecular complexity index is 694. The SMILES string of the molecule is Cc1ccc(C(=O)Nc2sc(C)cc2C(=O)O)c(Br)c1. The van der Waals surface area contributed by atoms with Crippen molar-refractivity contribution in [3.8, 4) is 0 Å². The van der Waals surface area contributed by atoms with E-state index in [1.54, 1.807) is 19.1 Å². The summed E-state index contributed by atoms with van der Waals surface area (Å²) in [7, 11) is 0. The number of rotatable bonds is 3. The molecule has 4 nitrogen and oxygen atoms in total. The number of aryl methyl sites for hydroxylation is 2. The van der Waals surface area contributed by atoms with Crippen LogP contribution in [0, 0.1) is 13.8 Å². The molecule has 0 unspecified atom stereocenters. The lowest BCUT2D eigenvalue weighted by Crippen LogP contribution is -2.13. The fourth-order valence-corrected chi connectivity index (χ4v) is 3.31. The van der Waals surface area contributed by atoms with E-state index in [0.29, 0.717) is 15.0 Å². The van der Waals surface area contributed by atoms with Crippen LogP contribution < -0.4 is 5.32 Å². The van der Waals surface area contributed by atoms with E-state index in [9.17, 15) is 9.59 Å². The zero-order chi connectivity index (χ0) is 14.9. The van der Waals surface area contributed by atoms with E-state index >= 15 is 0 Å². The van der Waals surface area contributed by atoms with Gasteiger partial charge in [-0.15, -0.1) is 11.3 Å². The Kier molecular flexibility index (Phi) is 4.25. The maximum absolute atomic E-state index is 12.2. The summed E-state index contributed by atoms with van der Waals surface area (Å²) in [6, 6.07) is 6.92. The van der Waals surface area contributed by atoms with Gasteiger partial charge < -0.3 is 10.4 Å². The summed E-state index contributed by atoms with van der Waals surface area (Å²) in [5.41, 5.74) is 1.62. The van der Waals surface area contributed by atoms with Crippen LogP contribution in [0.4, 0.5) is 5.00 Å². The van der Waals surface area contributed by atoms with E-state index in [1.807, 2.05) is 19.1 Å². The highest BCUT2D eigenvalue weighted by atomic mass is 79.9. The van der Waals surface area contributed by atoms with Gasteiger partial charge in [0.1, 0.15) is 5.00 Å². The Hall–Kier alpha value is -1.66. The molecule has 1 aromatic heterocycles. The van der Waals surface area contributed by atoms with Crippen molar-refractivity contribution in [1.82, 2.24) is 0 Å². The minimum atomic E-state index is -1.05. The molecule has 2 rings (SSSR count). The molecule has 1 aromatic carbocycles. The summed E-state index contributed by atoms with van der Waals surface area (Å²) >= 11 is 4.59. The Morgan fingerprint density at radius 1 is 1.20 bits per heavy atom. The van der Waals surface area contributed by atoms with E-state index in [2.05, 4.69) is 21.2 Å². The summed E-state index contributed by atoms with van der Waals surface area (Å²) in [4.78, 5) is 24.1. The molecule has 104 valence electrons. The van der Waals surface area contributed by atoms with Gasteiger partial charge in [0.2, 0.25) is 0 Å². The summed E-state index contributed by atoms with van der Waals surface area (Å²) in [6.45, 7) is 3.73. The normalized spacial score (nSPS) is 10.3. The number of carboxylic acid groups (broad SMARTS) is 1. The molecule has 0 aliphatic carbocycles. The van der Waals surface area contributed by atoms with Crippen LogP contribution in [-0.2, 0) is 0 Å². The van der Waals surface area contributed by atoms with Crippen LogP contribution in [-0.4, -0.2) is 17.0 Å². The predicted molar refractivity (Wildman–Crippen MR) is 82.8 cm³/mol. The van der Waals surface area contributed by atoms with Crippen LogP contribution in [0.5, 0.6) is 0 Å². The van der Waals surface area contributed by atoms with Gasteiger partial charge in [-0.05, 0) is 53.5 Å². The Morgan fingerprint density at radius 2 is 1.90 bits per heavy atom. The Morgan fingerprint density at radius 3 is 2.50 bits per heavy atom. The number of aromatic carboxylic acids is 1. The van der Waals surface area contributed by atoms with E-state index in [1.165, 1.54) is 11.3 Å². The van der Waals surface area contributed by atoms with Crippen molar-refractivity contribution in [3.63, 3.8) is 0 Å². The molecule has 0 fully saturated rings. The number of hydrogen-bond donors (Lipinski definition) is 2. The molecule has 0 saturated heterocycles. The second kappa shape index (κ2) is 5.76. The third-order valence-corrected chi connectivity index (χ3v) is 4.30. The van der Waals surface area contributed by atoms with Gasteiger partial charge in [0, 0.05) is 9.35 Å². The fraction of sp³-hybridized carbons (Fsp3) is 0.143. The number of carbonyl (C=O) groups excluding carboxylic acids is 1. The quantitative estimate of drug-likeness (QED) is 0.873. The third-order valence-electron chi connectivity index (χ3n) is 2.68. The zero-order valence-corrected chi connectivity index (χ0v) is 13.3. The van der Waals surface area contributed by atoms with E-state index in [0.717, 1.165) is 10.4 Å². The first-order valence-corrected chi connectivity index (χ1v) is 7.40. The largest absolute Gasteiger partial charge is 0.478 e. The van der Waals surface area contributed by atoms with Crippen LogP contribution in [0.25, 0.3) is 0 Å². The number of hydrogen-bond acceptors (Lipinski definition) is 3. The van der Waals surface area contributed by atoms with Crippen LogP contribution in [0.1, 0.15) is 31.2 Å². The molecule has 20 heavy (non-hydrogen) atoms. The number of amides is 1. The molecule has 1 amide bonds. The molecular formula is C14H12BrNO3S. The zero-order valence-electron chi connectivity index (χ0n) is 10.9. The Balaban J connectivity index is 2.30. The fourth-order valence-electron chi connectivity index (χ4n) is 1.74. The molecule has 0 spiro atoms. The molecule has 6 heteroatoms. The smallest absolute Gasteiger partial charge is 0.338 e. The lowest BCUT2D eigenvalue weighted by molar-refractivity contribution is 0.0698. The molecule has 0 atom stereocenters. The number of carboxylic acids is 1. The van der Waals surface area contributed by atoms with Crippen molar-refractivity contribution < 1.29 is 14.7 Å². The van der Waals surface area contributed by atoms with Crippen molar-refractivity contribution in [3.05, 3.63) is 50.3 Å². The topological polar surface area (TPSA) is 66.4 Å². The van der Waals surface area contributed by atoms with Gasteiger partial charge >= 0.3 is 5.97 Å². The van der Waals surface area contributed by atoms with Gasteiger partial charge in [-0.2, -0.15) is 0 Å². The number of benzene rings is 1. The second-order valence-electron chi connectivity index (χ2n) is 4.34. The van der Waals surface area contributed by atoms with E-state index < -0.39 is 5.97 Å². The van der Waals surface area contributed by atoms with Crippen LogP contribution in [0.3, 0.4) is 0 Å². The summed E-state index contributed by atoms with van der Waals surface area (Å²) in [6.07, 6.45) is 0. The molecule has 1 heterocycles. The lowest BCUT2D eigenvalue weighted by atomic mass is 10.1. The van der Waals surface area contributed by atoms with Gasteiger partial charge in [0.25, 0.3) is 5.91 Å². The first-order chi connectivity index (χ1) is 9.38. The average molecular weight is 354 g/mol. The monoisotopic (exact) mass is 353 g/mol. The van der Waals surface area contributed by atoms with Crippen molar-refractivity contribution in [2.24, 2.45) is 0 Å². The number of nitrogens with one attached hydrogen (secondary N) is 1. The van der Waals surface area contributed by atoms with Crippen molar-refractivity contribution in [2.45, 2.75) is 13.8 Å². The molecular weight excluding hydrogens is 342 g/mol. The molecule has 0 bridgehead atoms. The molecule has 0 aliphatic heterocycles. The maximum atomic E-state index is 12.2. The molecule has 0 saturated carbocycles. The Labute approximate surface area is 128 Å². The number of carbonyl (C=O) groups is 2. The molecule has 0 aliphatic rings. The summed E-state index contributed by atoms with van der Waals surface area (Å²) < 4.78 is 0.681. The molecule has 2 N–H and O–H groups in total. The third kappa shape index (κ3) is 3.08. The van der Waals surface area contributed by atoms with Crippen LogP contribution >= 0.6 is 27.3 Å². The van der Waals surface area contributed by atoms with Crippen molar-refractivity contribution in [2.75, 3.05) is 5.32 Å². The van der Waals surface area contributed by atoms with Crippen LogP contribution in [0.2, 0.25) is 0 Å². The number of thiophene rings is 1. The maximum Gasteiger partial charge on any atom is 0.338 e. The summed E-state index contributed by atoms with van der Waals surface area (Å²) in [5.74, 6) is -1.38. The van der Waals surface area contributed by atoms with Gasteiger partial charge in [-0.25, -0.2) is 4.79 Å². The van der Waals surface area contributed by atoms with Crippen molar-refractivity contribution in [1.29, 1.82) is 0 Å². The van der Waals surface area contributed by atoms with E-state index in [-0.39, 0.29) is 11.5 Å². The van der Waals surface area contributed by atoms with Crippen molar-refractivity contribution >= 4 is 44.1 Å². The van der Waals surface area contributed by atoms with Gasteiger partial charge in [-0.3, -0.25) is 4.79 Å². The molecule has 0 radical (unpaired) electrons.